The molecular formula is C22H31ClF2N4O5S. The summed E-state index contributed by atoms with van der Waals surface area (Å²) in [6.07, 6.45) is 1.30. The molecule has 7 atom stereocenters. The van der Waals surface area contributed by atoms with E-state index in [1.807, 2.05) is 0 Å². The molecular weight excluding hydrogens is 506 g/mol. The number of nitrogens with one attached hydrogen (secondary N) is 1. The van der Waals surface area contributed by atoms with Crippen molar-refractivity contribution in [3.05, 3.63) is 23.2 Å². The Bertz CT molecular complexity index is 1030. The summed E-state index contributed by atoms with van der Waals surface area (Å²) in [5.74, 6) is 1.25. The van der Waals surface area contributed by atoms with E-state index >= 15 is 0 Å². The Hall–Kier alpha value is -1.63. The Morgan fingerprint density at radius 2 is 2.03 bits per heavy atom. The molecule has 3 fully saturated rings. The first-order chi connectivity index (χ1) is 16.5. The molecule has 2 heterocycles. The summed E-state index contributed by atoms with van der Waals surface area (Å²) in [4.78, 5) is 22.2. The fourth-order valence-electron chi connectivity index (χ4n) is 5.98. The predicted molar refractivity (Wildman–Crippen MR) is 124 cm³/mol. The van der Waals surface area contributed by atoms with Crippen LogP contribution in [0.3, 0.4) is 0 Å². The van der Waals surface area contributed by atoms with Crippen molar-refractivity contribution in [1.29, 1.82) is 0 Å². The zero-order chi connectivity index (χ0) is 25.5. The van der Waals surface area contributed by atoms with Crippen LogP contribution in [-0.2, 0) is 24.9 Å². The molecule has 2 aliphatic carbocycles. The van der Waals surface area contributed by atoms with Crippen molar-refractivity contribution in [1.82, 2.24) is 19.6 Å². The number of halogens is 3. The van der Waals surface area contributed by atoms with Crippen LogP contribution >= 0.6 is 11.6 Å². The van der Waals surface area contributed by atoms with Gasteiger partial charge >= 0.3 is 6.09 Å². The number of carbonyl (C=O) groups is 1. The molecule has 0 spiro atoms. The molecule has 1 N–H and O–H groups in total. The van der Waals surface area contributed by atoms with E-state index in [0.29, 0.717) is 23.3 Å². The molecule has 0 bridgehead atoms. The average molecular weight is 537 g/mol. The largest absolute Gasteiger partial charge is 0.453 e. The van der Waals surface area contributed by atoms with E-state index in [0.717, 1.165) is 30.7 Å². The highest BCUT2D eigenvalue weighted by molar-refractivity contribution is 7.89. The maximum absolute atomic E-state index is 13.8. The van der Waals surface area contributed by atoms with E-state index in [1.54, 1.807) is 12.4 Å². The van der Waals surface area contributed by atoms with Crippen LogP contribution in [0.1, 0.15) is 45.4 Å². The van der Waals surface area contributed by atoms with E-state index in [2.05, 4.69) is 21.6 Å². The van der Waals surface area contributed by atoms with Crippen LogP contribution in [0.5, 0.6) is 0 Å². The normalized spacial score (nSPS) is 34.7. The third kappa shape index (κ3) is 4.99. The number of nitrogens with zero attached hydrogens (tertiary/aromatic N) is 3. The van der Waals surface area contributed by atoms with Crippen molar-refractivity contribution in [3.63, 3.8) is 0 Å². The number of amides is 1. The molecule has 4 rings (SSSR count). The van der Waals surface area contributed by atoms with Gasteiger partial charge in [0.15, 0.2) is 0 Å². The molecule has 9 nitrogen and oxygen atoms in total. The summed E-state index contributed by atoms with van der Waals surface area (Å²) in [6.45, 7) is 3.54. The number of fused-ring (bicyclic) bond motifs is 1. The quantitative estimate of drug-likeness (QED) is 0.543. The van der Waals surface area contributed by atoms with Crippen molar-refractivity contribution >= 4 is 27.7 Å². The maximum atomic E-state index is 13.8. The van der Waals surface area contributed by atoms with Crippen molar-refractivity contribution in [2.45, 2.75) is 75.6 Å². The molecule has 35 heavy (non-hydrogen) atoms. The van der Waals surface area contributed by atoms with Crippen molar-refractivity contribution in [3.8, 4) is 0 Å². The monoisotopic (exact) mass is 536 g/mol. The minimum Gasteiger partial charge on any atom is -0.453 e. The van der Waals surface area contributed by atoms with E-state index in [9.17, 15) is 22.0 Å². The summed E-state index contributed by atoms with van der Waals surface area (Å²) in [5, 5.41) is 0.481. The fourth-order valence-corrected chi connectivity index (χ4v) is 6.96. The van der Waals surface area contributed by atoms with Gasteiger partial charge in [-0.2, -0.15) is 0 Å². The molecule has 0 aromatic carbocycles. The lowest BCUT2D eigenvalue weighted by molar-refractivity contribution is -0.0239. The average Bonchev–Trinajstić information content (AvgIpc) is 3.26. The molecule has 1 aromatic heterocycles. The highest BCUT2D eigenvalue weighted by Gasteiger charge is 2.66. The highest BCUT2D eigenvalue weighted by Crippen LogP contribution is 2.66. The second-order valence-electron chi connectivity index (χ2n) is 9.60. The number of sulfonamides is 1. The lowest BCUT2D eigenvalue weighted by Gasteiger charge is -2.33. The predicted octanol–water partition coefficient (Wildman–Crippen LogP) is 2.99. The molecule has 1 aliphatic heterocycles. The van der Waals surface area contributed by atoms with Crippen LogP contribution in [0, 0.1) is 11.8 Å². The van der Waals surface area contributed by atoms with Gasteiger partial charge in [-0.15, -0.1) is 0 Å². The Morgan fingerprint density at radius 3 is 2.60 bits per heavy atom. The molecule has 1 amide bonds. The maximum Gasteiger partial charge on any atom is 0.410 e. The zero-order valence-electron chi connectivity index (χ0n) is 19.9. The minimum absolute atomic E-state index is 0.0779. The van der Waals surface area contributed by atoms with Gasteiger partial charge in [-0.05, 0) is 44.4 Å². The van der Waals surface area contributed by atoms with Gasteiger partial charge in [0.1, 0.15) is 5.82 Å². The van der Waals surface area contributed by atoms with Gasteiger partial charge < -0.3 is 9.47 Å². The van der Waals surface area contributed by atoms with Crippen molar-refractivity contribution in [2.24, 2.45) is 11.8 Å². The van der Waals surface area contributed by atoms with E-state index in [1.165, 1.54) is 6.92 Å². The Balaban J connectivity index is 1.46. The molecule has 0 radical (unpaired) electrons. The van der Waals surface area contributed by atoms with Gasteiger partial charge in [-0.25, -0.2) is 36.7 Å². The summed E-state index contributed by atoms with van der Waals surface area (Å²) in [7, 11) is -2.58. The highest BCUT2D eigenvalue weighted by atomic mass is 35.5. The topological polar surface area (TPSA) is 111 Å². The van der Waals surface area contributed by atoms with Gasteiger partial charge in [0, 0.05) is 23.9 Å². The van der Waals surface area contributed by atoms with Crippen molar-refractivity contribution < 1.29 is 31.5 Å². The van der Waals surface area contributed by atoms with Crippen LogP contribution < -0.4 is 4.72 Å². The lowest BCUT2D eigenvalue weighted by atomic mass is 9.85. The molecule has 1 aromatic rings. The second kappa shape index (κ2) is 10.0. The van der Waals surface area contributed by atoms with Crippen molar-refractivity contribution in [2.75, 3.05) is 19.5 Å². The SMILES string of the molecule is CCS(=O)(=O)N[C@H]1C[C@@H](C(F)F)N(C(=O)OC)[C@H]1CO[C@H]1CC[C@]2(c3ncc(Cl)cn3)C(C1)[C@@H]2C. The summed E-state index contributed by atoms with van der Waals surface area (Å²) in [6, 6.07) is -3.28. The lowest BCUT2D eigenvalue weighted by Crippen LogP contribution is -2.51. The third-order valence-corrected chi connectivity index (χ3v) is 9.58. The number of carbonyl (C=O) groups excluding carboxylic acids is 1. The summed E-state index contributed by atoms with van der Waals surface area (Å²) < 4.78 is 65.4. The molecule has 13 heteroatoms. The van der Waals surface area contributed by atoms with Crippen LogP contribution in [0.25, 0.3) is 0 Å². The van der Waals surface area contributed by atoms with Gasteiger partial charge in [0.25, 0.3) is 6.43 Å². The van der Waals surface area contributed by atoms with E-state index in [-0.39, 0.29) is 30.3 Å². The summed E-state index contributed by atoms with van der Waals surface area (Å²) >= 11 is 5.94. The fraction of sp³-hybridized carbons (Fsp3) is 0.773. The summed E-state index contributed by atoms with van der Waals surface area (Å²) in [5.41, 5.74) is -0.115. The smallest absolute Gasteiger partial charge is 0.410 e. The standard InChI is InChI=1S/C22H31ClF2N4O5S/c1-4-35(31,32)28-16-8-17(19(24)25)29(21(30)33-3)18(16)11-34-14-5-6-22(12(2)15(22)7-14)20-26-9-13(23)10-27-20/h9-10,12,14-19,28H,4-8,11H2,1-3H3/t12-,14-,15?,16-,17-,18-,22+/m0/s1. The number of alkyl halides is 2. The Morgan fingerprint density at radius 1 is 1.34 bits per heavy atom. The van der Waals surface area contributed by atoms with Gasteiger partial charge in [0.05, 0.1) is 42.7 Å². The van der Waals surface area contributed by atoms with E-state index in [4.69, 9.17) is 21.1 Å². The van der Waals surface area contributed by atoms with Crippen LogP contribution in [0.4, 0.5) is 13.6 Å². The molecule has 1 saturated heterocycles. The number of hydrogen-bond acceptors (Lipinski definition) is 7. The molecule has 3 aliphatic rings. The number of ether oxygens (including phenoxy) is 2. The first kappa shape index (κ1) is 26.4. The van der Waals surface area contributed by atoms with Gasteiger partial charge in [0.2, 0.25) is 10.0 Å². The molecule has 196 valence electrons. The Labute approximate surface area is 209 Å². The second-order valence-corrected chi connectivity index (χ2v) is 12.1. The minimum atomic E-state index is -3.69. The number of aromatic nitrogens is 2. The number of likely N-dealkylation sites (tertiary alicyclic amines) is 1. The van der Waals surface area contributed by atoms with Crippen LogP contribution in [0.15, 0.2) is 12.4 Å². The molecule has 2 saturated carbocycles. The molecule has 1 unspecified atom stereocenters. The first-order valence-electron chi connectivity index (χ1n) is 11.8. The zero-order valence-corrected chi connectivity index (χ0v) is 21.4. The van der Waals surface area contributed by atoms with Gasteiger partial charge in [-0.1, -0.05) is 18.5 Å². The Kier molecular flexibility index (Phi) is 7.57. The van der Waals surface area contributed by atoms with Gasteiger partial charge in [-0.3, -0.25) is 4.90 Å². The number of methoxy groups -OCH3 is 1. The first-order valence-corrected chi connectivity index (χ1v) is 13.8. The number of hydrogen-bond donors (Lipinski definition) is 1. The van der Waals surface area contributed by atoms with Crippen LogP contribution in [0.2, 0.25) is 5.02 Å². The van der Waals surface area contributed by atoms with E-state index < -0.39 is 40.7 Å². The van der Waals surface area contributed by atoms with Crippen LogP contribution in [-0.4, -0.2) is 79.5 Å². The number of rotatable bonds is 8. The third-order valence-electron chi connectivity index (χ3n) is 7.97.